The average molecular weight is 296 g/mol. The summed E-state index contributed by atoms with van der Waals surface area (Å²) in [7, 11) is 0. The monoisotopic (exact) mass is 295 g/mol. The van der Waals surface area contributed by atoms with Crippen molar-refractivity contribution in [3.05, 3.63) is 23.2 Å². The molecule has 1 N–H and O–H groups in total. The van der Waals surface area contributed by atoms with Gasteiger partial charge >= 0.3 is 0 Å². The largest absolute Gasteiger partial charge is 0.491 e. The van der Waals surface area contributed by atoms with Crippen LogP contribution in [0.2, 0.25) is 5.02 Å². The lowest BCUT2D eigenvalue weighted by Gasteiger charge is -2.23. The molecule has 1 aliphatic carbocycles. The van der Waals surface area contributed by atoms with E-state index in [2.05, 4.69) is 12.2 Å². The van der Waals surface area contributed by atoms with Gasteiger partial charge in [-0.3, -0.25) is 0 Å². The number of benzene rings is 1. The van der Waals surface area contributed by atoms with Gasteiger partial charge in [-0.05, 0) is 37.5 Å². The maximum atomic E-state index is 6.13. The van der Waals surface area contributed by atoms with Crippen molar-refractivity contribution >= 4 is 17.3 Å². The molecule has 1 aromatic rings. The van der Waals surface area contributed by atoms with E-state index in [0.29, 0.717) is 6.04 Å². The Morgan fingerprint density at radius 3 is 2.55 bits per heavy atom. The maximum absolute atomic E-state index is 6.13. The van der Waals surface area contributed by atoms with Crippen molar-refractivity contribution in [2.24, 2.45) is 0 Å². The minimum absolute atomic E-state index is 0.553. The highest BCUT2D eigenvalue weighted by molar-refractivity contribution is 6.30. The molecule has 1 aromatic carbocycles. The Morgan fingerprint density at radius 1 is 1.15 bits per heavy atom. The molecular weight excluding hydrogens is 270 g/mol. The van der Waals surface area contributed by atoms with Gasteiger partial charge in [0, 0.05) is 11.1 Å². The molecule has 1 aliphatic rings. The number of anilines is 1. The van der Waals surface area contributed by atoms with Crippen LogP contribution < -0.4 is 10.1 Å². The Balaban J connectivity index is 2.03. The Labute approximate surface area is 127 Å². The molecule has 0 saturated heterocycles. The molecule has 20 heavy (non-hydrogen) atoms. The molecule has 0 heterocycles. The van der Waals surface area contributed by atoms with E-state index in [-0.39, 0.29) is 0 Å². The fraction of sp³-hybridized carbons (Fsp3) is 0.647. The molecule has 3 heteroatoms. The predicted octanol–water partition coefficient (Wildman–Crippen LogP) is 5.65. The van der Waals surface area contributed by atoms with Crippen LogP contribution in [-0.2, 0) is 0 Å². The zero-order valence-electron chi connectivity index (χ0n) is 12.5. The Kier molecular flexibility index (Phi) is 6.52. The van der Waals surface area contributed by atoms with Crippen molar-refractivity contribution in [3.8, 4) is 5.75 Å². The predicted molar refractivity (Wildman–Crippen MR) is 87.0 cm³/mol. The zero-order valence-corrected chi connectivity index (χ0v) is 13.2. The van der Waals surface area contributed by atoms with Crippen LogP contribution in [0.3, 0.4) is 0 Å². The first-order valence-corrected chi connectivity index (χ1v) is 8.36. The highest BCUT2D eigenvalue weighted by Gasteiger charge is 2.13. The van der Waals surface area contributed by atoms with E-state index in [9.17, 15) is 0 Å². The first-order valence-electron chi connectivity index (χ1n) is 7.98. The van der Waals surface area contributed by atoms with Crippen LogP contribution in [0, 0.1) is 0 Å². The highest BCUT2D eigenvalue weighted by Crippen LogP contribution is 2.30. The molecule has 112 valence electrons. The smallest absolute Gasteiger partial charge is 0.142 e. The van der Waals surface area contributed by atoms with Crippen molar-refractivity contribution in [1.29, 1.82) is 0 Å². The van der Waals surface area contributed by atoms with Gasteiger partial charge in [0.15, 0.2) is 0 Å². The second kappa shape index (κ2) is 8.41. The van der Waals surface area contributed by atoms with Gasteiger partial charge < -0.3 is 10.1 Å². The van der Waals surface area contributed by atoms with Gasteiger partial charge in [0.2, 0.25) is 0 Å². The summed E-state index contributed by atoms with van der Waals surface area (Å²) in [5, 5.41) is 4.42. The van der Waals surface area contributed by atoms with Crippen molar-refractivity contribution in [2.45, 2.75) is 64.3 Å². The standard InChI is InChI=1S/C17H26ClNO/c1-2-12-20-17-11-10-14(18)13-16(17)19-15-8-6-4-3-5-7-9-15/h10-11,13,15,19H,2-9,12H2,1H3. The van der Waals surface area contributed by atoms with Gasteiger partial charge in [-0.1, -0.05) is 50.6 Å². The summed E-state index contributed by atoms with van der Waals surface area (Å²) < 4.78 is 5.82. The molecular formula is C17H26ClNO. The fourth-order valence-electron chi connectivity index (χ4n) is 2.77. The summed E-state index contributed by atoms with van der Waals surface area (Å²) in [6.45, 7) is 2.87. The van der Waals surface area contributed by atoms with Gasteiger partial charge in [-0.25, -0.2) is 0 Å². The summed E-state index contributed by atoms with van der Waals surface area (Å²) in [5.74, 6) is 0.929. The summed E-state index contributed by atoms with van der Waals surface area (Å²) in [4.78, 5) is 0. The van der Waals surface area contributed by atoms with E-state index in [1.165, 1.54) is 44.9 Å². The number of hydrogen-bond acceptors (Lipinski definition) is 2. The van der Waals surface area contributed by atoms with Gasteiger partial charge in [-0.15, -0.1) is 0 Å². The molecule has 1 fully saturated rings. The molecule has 0 atom stereocenters. The number of nitrogens with one attached hydrogen (secondary N) is 1. The van der Waals surface area contributed by atoms with Crippen molar-refractivity contribution in [1.82, 2.24) is 0 Å². The SMILES string of the molecule is CCCOc1ccc(Cl)cc1NC1CCCCCCC1. The van der Waals surface area contributed by atoms with Crippen molar-refractivity contribution in [3.63, 3.8) is 0 Å². The van der Waals surface area contributed by atoms with Crippen LogP contribution in [0.1, 0.15) is 58.3 Å². The van der Waals surface area contributed by atoms with Gasteiger partial charge in [0.25, 0.3) is 0 Å². The number of hydrogen-bond donors (Lipinski definition) is 1. The van der Waals surface area contributed by atoms with Crippen LogP contribution in [0.15, 0.2) is 18.2 Å². The Bertz CT molecular complexity index is 400. The first kappa shape index (κ1) is 15.5. The number of ether oxygens (including phenoxy) is 1. The van der Waals surface area contributed by atoms with Crippen molar-refractivity contribution < 1.29 is 4.74 Å². The van der Waals surface area contributed by atoms with E-state index in [4.69, 9.17) is 16.3 Å². The third-order valence-electron chi connectivity index (χ3n) is 3.87. The topological polar surface area (TPSA) is 21.3 Å². The summed E-state index contributed by atoms with van der Waals surface area (Å²) in [6.07, 6.45) is 10.3. The lowest BCUT2D eigenvalue weighted by atomic mass is 9.96. The highest BCUT2D eigenvalue weighted by atomic mass is 35.5. The normalized spacial score (nSPS) is 17.3. The molecule has 0 radical (unpaired) electrons. The molecule has 0 amide bonds. The van der Waals surface area contributed by atoms with Crippen LogP contribution in [0.25, 0.3) is 0 Å². The molecule has 0 aromatic heterocycles. The van der Waals surface area contributed by atoms with Gasteiger partial charge in [0.05, 0.1) is 12.3 Å². The quantitative estimate of drug-likeness (QED) is 0.757. The minimum atomic E-state index is 0.553. The summed E-state index contributed by atoms with van der Waals surface area (Å²) in [6, 6.07) is 6.42. The zero-order chi connectivity index (χ0) is 14.2. The first-order chi connectivity index (χ1) is 9.79. The van der Waals surface area contributed by atoms with E-state index in [0.717, 1.165) is 29.5 Å². The van der Waals surface area contributed by atoms with E-state index in [1.54, 1.807) is 0 Å². The lowest BCUT2D eigenvalue weighted by molar-refractivity contribution is 0.318. The van der Waals surface area contributed by atoms with Gasteiger partial charge in [0.1, 0.15) is 5.75 Å². The van der Waals surface area contributed by atoms with Crippen LogP contribution in [0.4, 0.5) is 5.69 Å². The lowest BCUT2D eigenvalue weighted by Crippen LogP contribution is -2.21. The van der Waals surface area contributed by atoms with E-state index < -0.39 is 0 Å². The van der Waals surface area contributed by atoms with E-state index >= 15 is 0 Å². The molecule has 0 aliphatic heterocycles. The molecule has 2 nitrogen and oxygen atoms in total. The van der Waals surface area contributed by atoms with Gasteiger partial charge in [-0.2, -0.15) is 0 Å². The second-order valence-corrected chi connectivity index (χ2v) is 6.11. The fourth-order valence-corrected chi connectivity index (χ4v) is 2.95. The molecule has 2 rings (SSSR count). The maximum Gasteiger partial charge on any atom is 0.142 e. The second-order valence-electron chi connectivity index (χ2n) is 5.68. The third-order valence-corrected chi connectivity index (χ3v) is 4.10. The summed E-state index contributed by atoms with van der Waals surface area (Å²) in [5.41, 5.74) is 1.05. The average Bonchev–Trinajstić information content (AvgIpc) is 2.41. The van der Waals surface area contributed by atoms with Crippen molar-refractivity contribution in [2.75, 3.05) is 11.9 Å². The summed E-state index contributed by atoms with van der Waals surface area (Å²) >= 11 is 6.13. The Hall–Kier alpha value is -0.890. The Morgan fingerprint density at radius 2 is 1.85 bits per heavy atom. The number of halogens is 1. The van der Waals surface area contributed by atoms with E-state index in [1.807, 2.05) is 18.2 Å². The molecule has 0 spiro atoms. The van der Waals surface area contributed by atoms with Crippen LogP contribution >= 0.6 is 11.6 Å². The molecule has 0 bridgehead atoms. The minimum Gasteiger partial charge on any atom is -0.491 e. The third kappa shape index (κ3) is 4.90. The molecule has 1 saturated carbocycles. The van der Waals surface area contributed by atoms with Crippen LogP contribution in [0.5, 0.6) is 5.75 Å². The number of rotatable bonds is 5. The van der Waals surface area contributed by atoms with Crippen LogP contribution in [-0.4, -0.2) is 12.6 Å². The molecule has 0 unspecified atom stereocenters.